The Kier molecular flexibility index (Phi) is 4.49. The first-order chi connectivity index (χ1) is 9.43. The van der Waals surface area contributed by atoms with Crippen LogP contribution >= 0.6 is 0 Å². The minimum atomic E-state index is -4.42. The molecule has 0 amide bonds. The first-order valence-electron chi connectivity index (χ1n) is 6.28. The zero-order chi connectivity index (χ0) is 14.8. The number of benzene rings is 1. The Morgan fingerprint density at radius 2 is 1.90 bits per heavy atom. The molecule has 1 N–H and O–H groups in total. The van der Waals surface area contributed by atoms with Crippen molar-refractivity contribution in [1.82, 2.24) is 10.2 Å². The van der Waals surface area contributed by atoms with Gasteiger partial charge < -0.3 is 10.1 Å². The molecule has 0 saturated carbocycles. The Bertz CT molecular complexity index is 458. The Hall–Kier alpha value is -1.34. The van der Waals surface area contributed by atoms with Crippen LogP contribution in [-0.2, 0) is 0 Å². The fourth-order valence-corrected chi connectivity index (χ4v) is 2.39. The van der Waals surface area contributed by atoms with Gasteiger partial charge in [-0.15, -0.1) is 0 Å². The van der Waals surface area contributed by atoms with Crippen molar-refractivity contribution in [2.24, 2.45) is 0 Å². The van der Waals surface area contributed by atoms with Crippen LogP contribution in [-0.4, -0.2) is 44.4 Å². The number of piperazine rings is 1. The van der Waals surface area contributed by atoms with Crippen LogP contribution < -0.4 is 10.1 Å². The lowest BCUT2D eigenvalue weighted by Crippen LogP contribution is -2.49. The van der Waals surface area contributed by atoms with Crippen LogP contribution in [0.2, 0.25) is 0 Å². The lowest BCUT2D eigenvalue weighted by Gasteiger charge is -2.36. The van der Waals surface area contributed by atoms with E-state index in [0.29, 0.717) is 26.2 Å². The lowest BCUT2D eigenvalue weighted by molar-refractivity contribution is -0.187. The monoisotopic (exact) mass is 292 g/mol. The average molecular weight is 292 g/mol. The van der Waals surface area contributed by atoms with E-state index in [1.54, 1.807) is 0 Å². The highest BCUT2D eigenvalue weighted by molar-refractivity contribution is 5.33. The minimum absolute atomic E-state index is 0.00218. The Balaban J connectivity index is 2.35. The summed E-state index contributed by atoms with van der Waals surface area (Å²) in [4.78, 5) is 1.35. The summed E-state index contributed by atoms with van der Waals surface area (Å²) in [7, 11) is 1.23. The number of alkyl halides is 3. The maximum atomic E-state index is 13.3. The van der Waals surface area contributed by atoms with E-state index >= 15 is 0 Å². The molecule has 0 spiro atoms. The predicted octanol–water partition coefficient (Wildman–Crippen LogP) is 2.34. The normalized spacial score (nSPS) is 18.9. The van der Waals surface area contributed by atoms with E-state index in [-0.39, 0.29) is 11.3 Å². The van der Waals surface area contributed by atoms with Gasteiger partial charge in [-0.1, -0.05) is 6.07 Å². The first kappa shape index (κ1) is 15.1. The molecule has 0 radical (unpaired) electrons. The second-order valence-corrected chi connectivity index (χ2v) is 4.62. The fourth-order valence-electron chi connectivity index (χ4n) is 2.39. The third-order valence-electron chi connectivity index (χ3n) is 3.32. The van der Waals surface area contributed by atoms with Gasteiger partial charge in [-0.05, 0) is 17.7 Å². The molecule has 0 aromatic heterocycles. The number of hydrogen-bond acceptors (Lipinski definition) is 3. The molecule has 0 unspecified atom stereocenters. The summed E-state index contributed by atoms with van der Waals surface area (Å²) < 4.78 is 58.1. The van der Waals surface area contributed by atoms with Gasteiger partial charge in [-0.3, -0.25) is 4.90 Å². The highest BCUT2D eigenvalue weighted by Crippen LogP contribution is 2.39. The van der Waals surface area contributed by atoms with Crippen molar-refractivity contribution in [3.05, 3.63) is 29.6 Å². The first-order valence-corrected chi connectivity index (χ1v) is 6.28. The summed E-state index contributed by atoms with van der Waals surface area (Å²) in [6, 6.07) is 1.56. The molecule has 0 aliphatic carbocycles. The molecular weight excluding hydrogens is 276 g/mol. The number of ether oxygens (including phenoxy) is 1. The Morgan fingerprint density at radius 1 is 1.25 bits per heavy atom. The highest BCUT2D eigenvalue weighted by atomic mass is 19.4. The van der Waals surface area contributed by atoms with Gasteiger partial charge in [0, 0.05) is 26.2 Å². The van der Waals surface area contributed by atoms with Crippen LogP contribution in [0.25, 0.3) is 0 Å². The van der Waals surface area contributed by atoms with Crippen molar-refractivity contribution in [3.63, 3.8) is 0 Å². The third-order valence-corrected chi connectivity index (χ3v) is 3.32. The molecule has 1 aliphatic rings. The van der Waals surface area contributed by atoms with Crippen molar-refractivity contribution in [2.75, 3.05) is 33.3 Å². The summed E-state index contributed by atoms with van der Waals surface area (Å²) in [5.74, 6) is -0.843. The van der Waals surface area contributed by atoms with Gasteiger partial charge in [-0.2, -0.15) is 13.2 Å². The maximum absolute atomic E-state index is 13.3. The molecule has 112 valence electrons. The molecule has 1 saturated heterocycles. The van der Waals surface area contributed by atoms with Crippen molar-refractivity contribution < 1.29 is 22.3 Å². The predicted molar refractivity (Wildman–Crippen MR) is 66.2 cm³/mol. The molecule has 0 bridgehead atoms. The number of hydrogen-bond donors (Lipinski definition) is 1. The van der Waals surface area contributed by atoms with E-state index in [2.05, 4.69) is 5.32 Å². The third kappa shape index (κ3) is 3.21. The van der Waals surface area contributed by atoms with Crippen molar-refractivity contribution in [3.8, 4) is 5.75 Å². The molecule has 3 nitrogen and oxygen atoms in total. The quantitative estimate of drug-likeness (QED) is 0.866. The van der Waals surface area contributed by atoms with E-state index in [1.807, 2.05) is 0 Å². The van der Waals surface area contributed by atoms with E-state index in [0.717, 1.165) is 18.2 Å². The molecule has 1 fully saturated rings. The summed E-state index contributed by atoms with van der Waals surface area (Å²) >= 11 is 0. The zero-order valence-corrected chi connectivity index (χ0v) is 11.0. The van der Waals surface area contributed by atoms with Gasteiger partial charge in [0.15, 0.2) is 11.6 Å². The van der Waals surface area contributed by atoms with Gasteiger partial charge in [0.25, 0.3) is 0 Å². The standard InChI is InChI=1S/C13H16F4N2O/c1-20-11-8-9(2-3-10(11)14)12(13(15,16)17)19-6-4-18-5-7-19/h2-3,8,12,18H,4-7H2,1H3/t12-/m1/s1. The summed E-state index contributed by atoms with van der Waals surface area (Å²) in [6.45, 7) is 1.60. The van der Waals surface area contributed by atoms with Gasteiger partial charge in [0.2, 0.25) is 0 Å². The Labute approximate surface area is 114 Å². The molecular formula is C13H16F4N2O. The van der Waals surface area contributed by atoms with E-state index < -0.39 is 18.0 Å². The average Bonchev–Trinajstić information content (AvgIpc) is 2.40. The highest BCUT2D eigenvalue weighted by Gasteiger charge is 2.45. The van der Waals surface area contributed by atoms with E-state index in [4.69, 9.17) is 4.74 Å². The summed E-state index contributed by atoms with van der Waals surface area (Å²) in [5, 5.41) is 3.01. The van der Waals surface area contributed by atoms with Gasteiger partial charge in [-0.25, -0.2) is 4.39 Å². The van der Waals surface area contributed by atoms with Crippen molar-refractivity contribution >= 4 is 0 Å². The molecule has 1 aliphatic heterocycles. The topological polar surface area (TPSA) is 24.5 Å². The van der Waals surface area contributed by atoms with E-state index in [9.17, 15) is 17.6 Å². The SMILES string of the molecule is COc1cc([C@@H](N2CCNCC2)C(F)(F)F)ccc1F. The van der Waals surface area contributed by atoms with Crippen LogP contribution in [0, 0.1) is 5.82 Å². The van der Waals surface area contributed by atoms with Crippen molar-refractivity contribution in [2.45, 2.75) is 12.2 Å². The van der Waals surface area contributed by atoms with Crippen molar-refractivity contribution in [1.29, 1.82) is 0 Å². The fraction of sp³-hybridized carbons (Fsp3) is 0.538. The number of nitrogens with zero attached hydrogens (tertiary/aromatic N) is 1. The van der Waals surface area contributed by atoms with Crippen LogP contribution in [0.15, 0.2) is 18.2 Å². The Morgan fingerprint density at radius 3 is 2.45 bits per heavy atom. The number of nitrogens with one attached hydrogen (secondary N) is 1. The second kappa shape index (κ2) is 5.97. The smallest absolute Gasteiger partial charge is 0.408 e. The molecule has 1 aromatic rings. The number of methoxy groups -OCH3 is 1. The molecule has 1 atom stereocenters. The van der Waals surface area contributed by atoms with Crippen LogP contribution in [0.5, 0.6) is 5.75 Å². The van der Waals surface area contributed by atoms with E-state index in [1.165, 1.54) is 12.0 Å². The second-order valence-electron chi connectivity index (χ2n) is 4.62. The number of halogens is 4. The lowest BCUT2D eigenvalue weighted by atomic mass is 10.0. The largest absolute Gasteiger partial charge is 0.494 e. The van der Waals surface area contributed by atoms with Crippen LogP contribution in [0.4, 0.5) is 17.6 Å². The summed E-state index contributed by atoms with van der Waals surface area (Å²) in [5.41, 5.74) is -0.00218. The van der Waals surface area contributed by atoms with Gasteiger partial charge >= 0.3 is 6.18 Å². The molecule has 1 heterocycles. The molecule has 20 heavy (non-hydrogen) atoms. The van der Waals surface area contributed by atoms with Crippen LogP contribution in [0.3, 0.4) is 0 Å². The minimum Gasteiger partial charge on any atom is -0.494 e. The zero-order valence-electron chi connectivity index (χ0n) is 11.0. The summed E-state index contributed by atoms with van der Waals surface area (Å²) in [6.07, 6.45) is -4.42. The van der Waals surface area contributed by atoms with Crippen LogP contribution in [0.1, 0.15) is 11.6 Å². The van der Waals surface area contributed by atoms with Gasteiger partial charge in [0.1, 0.15) is 6.04 Å². The van der Waals surface area contributed by atoms with Gasteiger partial charge in [0.05, 0.1) is 7.11 Å². The molecule has 7 heteroatoms. The molecule has 2 rings (SSSR count). The molecule has 1 aromatic carbocycles. The number of rotatable bonds is 3. The maximum Gasteiger partial charge on any atom is 0.408 e.